The molecule has 1 heterocycles. The fraction of sp³-hybridized carbons (Fsp3) is 0.414. The van der Waals surface area contributed by atoms with Gasteiger partial charge in [0, 0.05) is 29.6 Å². The van der Waals surface area contributed by atoms with Gasteiger partial charge >= 0.3 is 6.03 Å². The predicted octanol–water partition coefficient (Wildman–Crippen LogP) is 6.35. The van der Waals surface area contributed by atoms with Gasteiger partial charge in [-0.05, 0) is 62.4 Å². The summed E-state index contributed by atoms with van der Waals surface area (Å²) in [5.74, 6) is 0.200. The zero-order valence-corrected chi connectivity index (χ0v) is 21.4. The van der Waals surface area contributed by atoms with E-state index >= 15 is 0 Å². The fourth-order valence-corrected chi connectivity index (χ4v) is 5.00. The molecule has 7 heteroatoms. The summed E-state index contributed by atoms with van der Waals surface area (Å²) >= 11 is 0. The molecule has 1 aromatic heterocycles. The van der Waals surface area contributed by atoms with E-state index < -0.39 is 0 Å². The number of nitrogens with one attached hydrogen (secondary N) is 2. The molecule has 1 aliphatic rings. The summed E-state index contributed by atoms with van der Waals surface area (Å²) in [7, 11) is 0. The van der Waals surface area contributed by atoms with Crippen LogP contribution in [0.1, 0.15) is 75.1 Å². The number of hydrogen-bond acceptors (Lipinski definition) is 4. The van der Waals surface area contributed by atoms with Gasteiger partial charge in [0.1, 0.15) is 5.75 Å². The Kier molecular flexibility index (Phi) is 8.08. The Hall–Kier alpha value is -3.61. The Labute approximate surface area is 212 Å². The summed E-state index contributed by atoms with van der Waals surface area (Å²) in [5.41, 5.74) is 4.62. The number of hydrogen-bond donors (Lipinski definition) is 3. The molecule has 2 aromatic carbocycles. The highest BCUT2D eigenvalue weighted by atomic mass is 16.3. The number of benzene rings is 2. The van der Waals surface area contributed by atoms with Crippen LogP contribution in [0.3, 0.4) is 0 Å². The lowest BCUT2D eigenvalue weighted by Crippen LogP contribution is -2.30. The van der Waals surface area contributed by atoms with E-state index in [1.165, 1.54) is 4.68 Å². The summed E-state index contributed by atoms with van der Waals surface area (Å²) in [4.78, 5) is 25.8. The third-order valence-electron chi connectivity index (χ3n) is 7.13. The second-order valence-corrected chi connectivity index (χ2v) is 9.73. The minimum absolute atomic E-state index is 0.0376. The van der Waals surface area contributed by atoms with Gasteiger partial charge in [-0.25, -0.2) is 4.79 Å². The van der Waals surface area contributed by atoms with Crippen LogP contribution in [0, 0.1) is 12.8 Å². The van der Waals surface area contributed by atoms with Crippen molar-refractivity contribution < 1.29 is 14.7 Å². The van der Waals surface area contributed by atoms with E-state index in [1.54, 1.807) is 18.2 Å². The lowest BCUT2D eigenvalue weighted by Gasteiger charge is -2.13. The maximum absolute atomic E-state index is 13.2. The SMILES string of the molecule is CCC(CC)C(=O)Nc1ccc(O)c(-c2cc(C3CCCC3)n(C(=O)NCc3cccc(C)c3)n2)c1. The van der Waals surface area contributed by atoms with Crippen LogP contribution in [0.15, 0.2) is 48.5 Å². The number of rotatable bonds is 8. The van der Waals surface area contributed by atoms with Crippen molar-refractivity contribution in [3.8, 4) is 17.0 Å². The molecule has 36 heavy (non-hydrogen) atoms. The Morgan fingerprint density at radius 3 is 2.53 bits per heavy atom. The summed E-state index contributed by atoms with van der Waals surface area (Å²) in [5, 5.41) is 21.2. The van der Waals surface area contributed by atoms with Crippen molar-refractivity contribution in [3.63, 3.8) is 0 Å². The molecule has 4 rings (SSSR count). The quantitative estimate of drug-likeness (QED) is 0.322. The summed E-state index contributed by atoms with van der Waals surface area (Å²) in [6, 6.07) is 14.6. The molecule has 7 nitrogen and oxygen atoms in total. The van der Waals surface area contributed by atoms with Crippen LogP contribution in [0.4, 0.5) is 10.5 Å². The van der Waals surface area contributed by atoms with Crippen molar-refractivity contribution in [2.24, 2.45) is 5.92 Å². The number of phenolic OH excluding ortho intramolecular Hbond substituents is 1. The van der Waals surface area contributed by atoms with Crippen LogP contribution in [0.5, 0.6) is 5.75 Å². The summed E-state index contributed by atoms with van der Waals surface area (Å²) in [6.07, 6.45) is 5.79. The van der Waals surface area contributed by atoms with Crippen LogP contribution in [0.2, 0.25) is 0 Å². The molecule has 3 aromatic rings. The molecule has 3 N–H and O–H groups in total. The van der Waals surface area contributed by atoms with Gasteiger partial charge in [0.2, 0.25) is 5.91 Å². The molecule has 0 radical (unpaired) electrons. The van der Waals surface area contributed by atoms with Crippen LogP contribution >= 0.6 is 0 Å². The summed E-state index contributed by atoms with van der Waals surface area (Å²) in [6.45, 7) is 6.42. The van der Waals surface area contributed by atoms with Crippen molar-refractivity contribution in [3.05, 3.63) is 65.4 Å². The van der Waals surface area contributed by atoms with Crippen molar-refractivity contribution in [2.45, 2.75) is 71.8 Å². The van der Waals surface area contributed by atoms with Crippen LogP contribution in [-0.4, -0.2) is 26.8 Å². The number of aromatic nitrogens is 2. The standard InChI is InChI=1S/C29H36N4O3/c1-4-21(5-2)28(35)31-23-13-14-27(34)24(16-23)25-17-26(22-11-6-7-12-22)33(32-25)29(36)30-18-20-10-8-9-19(3)15-20/h8-10,13-17,21-22,34H,4-7,11-12,18H2,1-3H3,(H,30,36)(H,31,35). The molecule has 1 fully saturated rings. The largest absolute Gasteiger partial charge is 0.507 e. The monoisotopic (exact) mass is 488 g/mol. The molecule has 0 atom stereocenters. The number of aromatic hydroxyl groups is 1. The van der Waals surface area contributed by atoms with Gasteiger partial charge in [0.05, 0.1) is 11.4 Å². The molecule has 0 bridgehead atoms. The third-order valence-corrected chi connectivity index (χ3v) is 7.13. The van der Waals surface area contributed by atoms with E-state index in [9.17, 15) is 14.7 Å². The summed E-state index contributed by atoms with van der Waals surface area (Å²) < 4.78 is 1.45. The van der Waals surface area contributed by atoms with Gasteiger partial charge in [-0.3, -0.25) is 4.79 Å². The lowest BCUT2D eigenvalue weighted by atomic mass is 10.0. The molecule has 190 valence electrons. The van der Waals surface area contributed by atoms with E-state index in [4.69, 9.17) is 0 Å². The van der Waals surface area contributed by atoms with E-state index in [1.807, 2.05) is 51.1 Å². The molecule has 1 aliphatic carbocycles. The van der Waals surface area contributed by atoms with E-state index in [2.05, 4.69) is 15.7 Å². The minimum atomic E-state index is -0.290. The van der Waals surface area contributed by atoms with Gasteiger partial charge in [-0.1, -0.05) is 56.5 Å². The van der Waals surface area contributed by atoms with Crippen LogP contribution in [0.25, 0.3) is 11.3 Å². The molecular formula is C29H36N4O3. The fourth-order valence-electron chi connectivity index (χ4n) is 5.00. The van der Waals surface area contributed by atoms with Gasteiger partial charge in [0.25, 0.3) is 0 Å². The first kappa shape index (κ1) is 25.5. The minimum Gasteiger partial charge on any atom is -0.507 e. The molecule has 0 spiro atoms. The lowest BCUT2D eigenvalue weighted by molar-refractivity contribution is -0.120. The van der Waals surface area contributed by atoms with Crippen molar-refractivity contribution in [1.82, 2.24) is 15.1 Å². The number of aryl methyl sites for hydroxylation is 1. The van der Waals surface area contributed by atoms with E-state index in [-0.39, 0.29) is 29.5 Å². The predicted molar refractivity (Wildman–Crippen MR) is 142 cm³/mol. The van der Waals surface area contributed by atoms with Gasteiger partial charge in [0.15, 0.2) is 0 Å². The second kappa shape index (κ2) is 11.4. The number of amides is 2. The average molecular weight is 489 g/mol. The molecule has 0 aliphatic heterocycles. The van der Waals surface area contributed by atoms with E-state index in [0.717, 1.165) is 55.3 Å². The number of carbonyl (C=O) groups excluding carboxylic acids is 2. The Morgan fingerprint density at radius 2 is 1.83 bits per heavy atom. The number of phenols is 1. The van der Waals surface area contributed by atoms with Gasteiger partial charge in [-0.15, -0.1) is 0 Å². The highest BCUT2D eigenvalue weighted by Crippen LogP contribution is 2.38. The van der Waals surface area contributed by atoms with Gasteiger partial charge in [-0.2, -0.15) is 9.78 Å². The van der Waals surface area contributed by atoms with Crippen molar-refractivity contribution in [2.75, 3.05) is 5.32 Å². The normalized spacial score (nSPS) is 13.8. The first-order chi connectivity index (χ1) is 17.4. The molecular weight excluding hydrogens is 452 g/mol. The van der Waals surface area contributed by atoms with Crippen molar-refractivity contribution in [1.29, 1.82) is 0 Å². The highest BCUT2D eigenvalue weighted by Gasteiger charge is 2.26. The molecule has 0 saturated heterocycles. The first-order valence-corrected chi connectivity index (χ1v) is 13.0. The number of carbonyl (C=O) groups is 2. The second-order valence-electron chi connectivity index (χ2n) is 9.73. The zero-order valence-electron chi connectivity index (χ0n) is 21.4. The van der Waals surface area contributed by atoms with Gasteiger partial charge < -0.3 is 15.7 Å². The molecule has 1 saturated carbocycles. The average Bonchev–Trinajstić information content (AvgIpc) is 3.55. The Balaban J connectivity index is 1.62. The Morgan fingerprint density at radius 1 is 1.08 bits per heavy atom. The first-order valence-electron chi connectivity index (χ1n) is 13.0. The molecule has 2 amide bonds. The zero-order chi connectivity index (χ0) is 25.7. The van der Waals surface area contributed by atoms with Crippen LogP contribution in [-0.2, 0) is 11.3 Å². The smallest absolute Gasteiger partial charge is 0.342 e. The topological polar surface area (TPSA) is 96.2 Å². The third kappa shape index (κ3) is 5.78. The number of anilines is 1. The highest BCUT2D eigenvalue weighted by molar-refractivity contribution is 5.93. The van der Waals surface area contributed by atoms with Crippen molar-refractivity contribution >= 4 is 17.6 Å². The Bertz CT molecular complexity index is 1220. The number of nitrogens with zero attached hydrogens (tertiary/aromatic N) is 2. The maximum Gasteiger partial charge on any atom is 0.342 e. The maximum atomic E-state index is 13.2. The van der Waals surface area contributed by atoms with E-state index in [0.29, 0.717) is 23.5 Å². The molecule has 0 unspecified atom stereocenters. The van der Waals surface area contributed by atoms with Crippen LogP contribution < -0.4 is 10.6 Å².